The smallest absolute Gasteiger partial charge is 0.267 e. The molecule has 3 aromatic rings. The number of thioether (sulfide) groups is 1. The summed E-state index contributed by atoms with van der Waals surface area (Å²) in [6.07, 6.45) is 1.61. The van der Waals surface area contributed by atoms with Gasteiger partial charge < -0.3 is 15.6 Å². The molecule has 1 aromatic heterocycles. The van der Waals surface area contributed by atoms with Gasteiger partial charge in [0.2, 0.25) is 15.7 Å². The first-order valence-corrected chi connectivity index (χ1v) is 12.5. The summed E-state index contributed by atoms with van der Waals surface area (Å²) in [4.78, 5) is 16.2. The zero-order chi connectivity index (χ0) is 25.0. The molecule has 0 saturated heterocycles. The van der Waals surface area contributed by atoms with Crippen molar-refractivity contribution in [2.24, 2.45) is 5.73 Å². The highest BCUT2D eigenvalue weighted by molar-refractivity contribution is 8.00. The van der Waals surface area contributed by atoms with Crippen LogP contribution >= 0.6 is 11.8 Å². The van der Waals surface area contributed by atoms with Crippen LogP contribution in [-0.2, 0) is 20.6 Å². The number of rotatable bonds is 10. The van der Waals surface area contributed by atoms with Crippen molar-refractivity contribution < 1.29 is 27.4 Å². The van der Waals surface area contributed by atoms with Crippen LogP contribution in [0.2, 0.25) is 0 Å². The highest BCUT2D eigenvalue weighted by Gasteiger charge is 2.52. The summed E-state index contributed by atoms with van der Waals surface area (Å²) < 4.78 is 45.3. The molecule has 11 heteroatoms. The molecule has 4 N–H and O–H groups in total. The van der Waals surface area contributed by atoms with Crippen molar-refractivity contribution in [1.82, 2.24) is 9.71 Å². The number of aliphatic hydroxyl groups is 1. The average Bonchev–Trinajstić information content (AvgIpc) is 2.80. The first-order valence-electron chi connectivity index (χ1n) is 10.1. The summed E-state index contributed by atoms with van der Waals surface area (Å²) in [6.45, 7) is 3.01. The van der Waals surface area contributed by atoms with E-state index in [4.69, 9.17) is 10.5 Å². The number of halogens is 1. The van der Waals surface area contributed by atoms with Gasteiger partial charge in [-0.2, -0.15) is 4.72 Å². The van der Waals surface area contributed by atoms with E-state index in [2.05, 4.69) is 9.71 Å². The van der Waals surface area contributed by atoms with E-state index >= 15 is 0 Å². The standard InChI is InChI=1S/C23H24FN3O5S2/c1-22(2,33-15-17-5-3-4-14-26-17)23(29,21(25)28)27-34(30,31)20-12-10-19(11-13-20)32-18-8-6-16(24)7-9-18/h3-14,27,29H,15H2,1-2H3,(H2,25,28). The maximum atomic E-state index is 13.0. The maximum absolute atomic E-state index is 13.0. The lowest BCUT2D eigenvalue weighted by molar-refractivity contribution is -0.140. The highest BCUT2D eigenvalue weighted by Crippen LogP contribution is 2.37. The number of sulfonamides is 1. The van der Waals surface area contributed by atoms with Crippen molar-refractivity contribution in [2.75, 3.05) is 0 Å². The Morgan fingerprint density at radius 3 is 2.21 bits per heavy atom. The third-order valence-corrected chi connectivity index (χ3v) is 7.91. The monoisotopic (exact) mass is 505 g/mol. The Balaban J connectivity index is 1.78. The fraction of sp³-hybridized carbons (Fsp3) is 0.217. The first kappa shape index (κ1) is 25.6. The molecule has 2 aromatic carbocycles. The molecule has 1 atom stereocenters. The first-order chi connectivity index (χ1) is 15.9. The Hall–Kier alpha value is -2.99. The van der Waals surface area contributed by atoms with Crippen LogP contribution in [0.5, 0.6) is 11.5 Å². The molecule has 0 bridgehead atoms. The van der Waals surface area contributed by atoms with Crippen LogP contribution in [0.25, 0.3) is 0 Å². The van der Waals surface area contributed by atoms with Crippen LogP contribution in [0.4, 0.5) is 4.39 Å². The second kappa shape index (κ2) is 10.1. The van der Waals surface area contributed by atoms with Crippen molar-refractivity contribution >= 4 is 27.7 Å². The molecule has 1 unspecified atom stereocenters. The van der Waals surface area contributed by atoms with Crippen molar-refractivity contribution in [1.29, 1.82) is 0 Å². The minimum Gasteiger partial charge on any atom is -0.457 e. The van der Waals surface area contributed by atoms with Crippen LogP contribution in [-0.4, -0.2) is 34.9 Å². The van der Waals surface area contributed by atoms with Crippen LogP contribution in [0.1, 0.15) is 19.5 Å². The second-order valence-corrected chi connectivity index (χ2v) is 11.1. The Labute approximate surface area is 201 Å². The topological polar surface area (TPSA) is 132 Å². The van der Waals surface area contributed by atoms with Crippen molar-refractivity contribution in [3.63, 3.8) is 0 Å². The van der Waals surface area contributed by atoms with Gasteiger partial charge in [-0.3, -0.25) is 9.78 Å². The second-order valence-electron chi connectivity index (χ2n) is 7.83. The van der Waals surface area contributed by atoms with Gasteiger partial charge >= 0.3 is 0 Å². The Morgan fingerprint density at radius 1 is 1.09 bits per heavy atom. The number of pyridine rings is 1. The van der Waals surface area contributed by atoms with Gasteiger partial charge in [0.1, 0.15) is 17.3 Å². The average molecular weight is 506 g/mol. The van der Waals surface area contributed by atoms with E-state index in [1.54, 1.807) is 24.4 Å². The zero-order valence-electron chi connectivity index (χ0n) is 18.4. The van der Waals surface area contributed by atoms with Gasteiger partial charge in [0.15, 0.2) is 0 Å². The maximum Gasteiger partial charge on any atom is 0.267 e. The predicted molar refractivity (Wildman–Crippen MR) is 127 cm³/mol. The Morgan fingerprint density at radius 2 is 1.68 bits per heavy atom. The van der Waals surface area contributed by atoms with Gasteiger partial charge in [-0.25, -0.2) is 12.8 Å². The normalized spacial score (nSPS) is 13.8. The summed E-state index contributed by atoms with van der Waals surface area (Å²) in [5.74, 6) is -0.679. The molecular formula is C23H24FN3O5S2. The van der Waals surface area contributed by atoms with Crippen molar-refractivity contribution in [3.8, 4) is 11.5 Å². The SMILES string of the molecule is CC(C)(SCc1ccccn1)C(O)(NS(=O)(=O)c1ccc(Oc2ccc(F)cc2)cc1)C(N)=O. The van der Waals surface area contributed by atoms with Gasteiger partial charge in [0.25, 0.3) is 5.91 Å². The molecule has 0 aliphatic heterocycles. The molecule has 0 radical (unpaired) electrons. The van der Waals surface area contributed by atoms with Crippen molar-refractivity contribution in [2.45, 2.75) is 35.0 Å². The number of nitrogens with two attached hydrogens (primary N) is 1. The molecule has 0 fully saturated rings. The lowest BCUT2D eigenvalue weighted by Crippen LogP contribution is -2.67. The van der Waals surface area contributed by atoms with Crippen LogP contribution in [0.15, 0.2) is 77.8 Å². The summed E-state index contributed by atoms with van der Waals surface area (Å²) >= 11 is 1.12. The number of carbonyl (C=O) groups is 1. The van der Waals surface area contributed by atoms with Crippen LogP contribution < -0.4 is 15.2 Å². The molecule has 0 aliphatic rings. The Bertz CT molecular complexity index is 1240. The molecule has 34 heavy (non-hydrogen) atoms. The largest absolute Gasteiger partial charge is 0.457 e. The molecule has 8 nitrogen and oxygen atoms in total. The minimum absolute atomic E-state index is 0.218. The summed E-state index contributed by atoms with van der Waals surface area (Å²) in [6, 6.07) is 15.9. The minimum atomic E-state index is -4.36. The molecule has 0 spiro atoms. The van der Waals surface area contributed by atoms with E-state index in [9.17, 15) is 22.7 Å². The highest BCUT2D eigenvalue weighted by atomic mass is 32.2. The summed E-state index contributed by atoms with van der Waals surface area (Å²) in [7, 11) is -4.36. The van der Waals surface area contributed by atoms with E-state index < -0.39 is 32.2 Å². The van der Waals surface area contributed by atoms with E-state index in [-0.39, 0.29) is 4.90 Å². The molecule has 0 aliphatic carbocycles. The fourth-order valence-electron chi connectivity index (χ4n) is 2.89. The van der Waals surface area contributed by atoms with E-state index in [1.807, 2.05) is 0 Å². The number of primary amides is 1. The predicted octanol–water partition coefficient (Wildman–Crippen LogP) is 3.18. The van der Waals surface area contributed by atoms with Gasteiger partial charge in [-0.05, 0) is 74.5 Å². The molecule has 1 heterocycles. The number of nitrogens with zero attached hydrogens (tertiary/aromatic N) is 1. The number of benzene rings is 2. The number of hydrogen-bond acceptors (Lipinski definition) is 7. The lowest BCUT2D eigenvalue weighted by atomic mass is 9.99. The number of nitrogens with one attached hydrogen (secondary N) is 1. The molecule has 0 saturated carbocycles. The van der Waals surface area contributed by atoms with E-state index in [0.29, 0.717) is 22.9 Å². The molecular weight excluding hydrogens is 481 g/mol. The van der Waals surface area contributed by atoms with Crippen LogP contribution in [0.3, 0.4) is 0 Å². The summed E-state index contributed by atoms with van der Waals surface area (Å²) in [5, 5.41) is 11.1. The third kappa shape index (κ3) is 5.92. The quantitative estimate of drug-likeness (QED) is 0.361. The summed E-state index contributed by atoms with van der Waals surface area (Å²) in [5.41, 5.74) is 3.52. The molecule has 3 rings (SSSR count). The number of ether oxygens (including phenoxy) is 1. The number of hydrogen-bond donors (Lipinski definition) is 3. The van der Waals surface area contributed by atoms with Gasteiger partial charge in [0.05, 0.1) is 15.3 Å². The third-order valence-electron chi connectivity index (χ3n) is 5.00. The zero-order valence-corrected chi connectivity index (χ0v) is 20.1. The van der Waals surface area contributed by atoms with Crippen LogP contribution in [0, 0.1) is 5.82 Å². The van der Waals surface area contributed by atoms with Gasteiger partial charge in [0, 0.05) is 11.9 Å². The number of carbonyl (C=O) groups excluding carboxylic acids is 1. The Kier molecular flexibility index (Phi) is 7.61. The molecule has 1 amide bonds. The van der Waals surface area contributed by atoms with E-state index in [0.717, 1.165) is 11.8 Å². The molecule has 180 valence electrons. The van der Waals surface area contributed by atoms with Gasteiger partial charge in [-0.15, -0.1) is 11.8 Å². The number of amides is 1. The fourth-order valence-corrected chi connectivity index (χ4v) is 5.35. The lowest BCUT2D eigenvalue weighted by Gasteiger charge is -2.39. The van der Waals surface area contributed by atoms with Crippen molar-refractivity contribution in [3.05, 3.63) is 84.4 Å². The van der Waals surface area contributed by atoms with E-state index in [1.165, 1.54) is 62.4 Å². The van der Waals surface area contributed by atoms with Gasteiger partial charge in [-0.1, -0.05) is 6.07 Å². The number of aromatic nitrogens is 1.